The minimum Gasteiger partial charge on any atom is -0.278 e. The lowest BCUT2D eigenvalue weighted by molar-refractivity contribution is -0.115. The van der Waals surface area contributed by atoms with Crippen LogP contribution in [0.1, 0.15) is 42.5 Å². The van der Waals surface area contributed by atoms with Crippen molar-refractivity contribution >= 4 is 40.8 Å². The first-order valence-electron chi connectivity index (χ1n) is 11.0. The average molecular weight is 458 g/mol. The zero-order chi connectivity index (χ0) is 21.9. The largest absolute Gasteiger partial charge is 0.278 e. The van der Waals surface area contributed by atoms with Crippen LogP contribution in [0, 0.1) is 11.3 Å². The Labute approximate surface area is 197 Å². The number of amides is 1. The third kappa shape index (κ3) is 4.15. The van der Waals surface area contributed by atoms with Crippen LogP contribution in [-0.2, 0) is 17.6 Å². The zero-order valence-electron chi connectivity index (χ0n) is 17.7. The van der Waals surface area contributed by atoms with Gasteiger partial charge in [0.1, 0.15) is 11.1 Å². The minimum absolute atomic E-state index is 0.00682. The van der Waals surface area contributed by atoms with E-state index in [1.807, 2.05) is 59.5 Å². The van der Waals surface area contributed by atoms with Crippen LogP contribution >= 0.6 is 23.5 Å². The summed E-state index contributed by atoms with van der Waals surface area (Å²) in [5.74, 6) is 0.223. The molecule has 1 aromatic heterocycles. The van der Waals surface area contributed by atoms with Crippen LogP contribution in [0.5, 0.6) is 0 Å². The number of rotatable bonds is 3. The first-order chi connectivity index (χ1) is 15.7. The highest BCUT2D eigenvalue weighted by Gasteiger charge is 2.28. The van der Waals surface area contributed by atoms with Gasteiger partial charge in [0.15, 0.2) is 0 Å². The Morgan fingerprint density at radius 3 is 2.34 bits per heavy atom. The highest BCUT2D eigenvalue weighted by atomic mass is 32.2. The van der Waals surface area contributed by atoms with Crippen LogP contribution in [0.15, 0.2) is 69.4 Å². The van der Waals surface area contributed by atoms with E-state index in [1.54, 1.807) is 11.8 Å². The molecule has 0 radical (unpaired) electrons. The number of pyridine rings is 1. The molecule has 5 rings (SSSR count). The van der Waals surface area contributed by atoms with E-state index in [0.717, 1.165) is 52.5 Å². The van der Waals surface area contributed by atoms with Crippen LogP contribution < -0.4 is 4.90 Å². The summed E-state index contributed by atoms with van der Waals surface area (Å²) in [4.78, 5) is 22.3. The highest BCUT2D eigenvalue weighted by molar-refractivity contribution is 8.00. The van der Waals surface area contributed by atoms with Crippen molar-refractivity contribution in [1.82, 2.24) is 4.98 Å². The van der Waals surface area contributed by atoms with Crippen molar-refractivity contribution in [2.24, 2.45) is 0 Å². The van der Waals surface area contributed by atoms with Crippen LogP contribution in [0.25, 0.3) is 0 Å². The molecule has 1 aliphatic heterocycles. The van der Waals surface area contributed by atoms with Gasteiger partial charge in [0, 0.05) is 15.5 Å². The van der Waals surface area contributed by atoms with Crippen molar-refractivity contribution in [1.29, 1.82) is 5.26 Å². The molecular formula is C26H23N3OS2. The first-order valence-corrected chi connectivity index (χ1v) is 12.8. The van der Waals surface area contributed by atoms with Gasteiger partial charge in [-0.1, -0.05) is 60.6 Å². The minimum atomic E-state index is -0.00682. The lowest BCUT2D eigenvalue weighted by Gasteiger charge is -2.31. The fourth-order valence-electron chi connectivity index (χ4n) is 4.33. The molecular weight excluding hydrogens is 434 g/mol. The van der Waals surface area contributed by atoms with Gasteiger partial charge in [-0.05, 0) is 61.6 Å². The van der Waals surface area contributed by atoms with E-state index in [0.29, 0.717) is 10.6 Å². The van der Waals surface area contributed by atoms with E-state index in [2.05, 4.69) is 6.07 Å². The summed E-state index contributed by atoms with van der Waals surface area (Å²) in [6.07, 6.45) is 6.69. The number of carbonyl (C=O) groups excluding carboxylic acids is 1. The third-order valence-corrected chi connectivity index (χ3v) is 8.01. The smallest absolute Gasteiger partial charge is 0.242 e. The molecule has 1 amide bonds. The van der Waals surface area contributed by atoms with E-state index < -0.39 is 0 Å². The Balaban J connectivity index is 1.42. The normalized spacial score (nSPS) is 14.9. The van der Waals surface area contributed by atoms with Crippen LogP contribution in [0.3, 0.4) is 0 Å². The summed E-state index contributed by atoms with van der Waals surface area (Å²) >= 11 is 3.06. The molecule has 3 aromatic rings. The van der Waals surface area contributed by atoms with E-state index in [9.17, 15) is 10.1 Å². The number of aryl methyl sites for hydroxylation is 2. The molecule has 0 N–H and O–H groups in total. The fraction of sp³-hybridized carbons (Fsp3) is 0.269. The predicted octanol–water partition coefficient (Wildman–Crippen LogP) is 6.53. The maximum Gasteiger partial charge on any atom is 0.242 e. The maximum atomic E-state index is 13.5. The van der Waals surface area contributed by atoms with Crippen molar-refractivity contribution < 1.29 is 4.79 Å². The van der Waals surface area contributed by atoms with Gasteiger partial charge in [-0.2, -0.15) is 5.26 Å². The Morgan fingerprint density at radius 2 is 1.66 bits per heavy atom. The Morgan fingerprint density at radius 1 is 1.00 bits per heavy atom. The number of nitrogens with zero attached hydrogens (tertiary/aromatic N) is 3. The summed E-state index contributed by atoms with van der Waals surface area (Å²) in [5, 5.41) is 10.4. The molecule has 32 heavy (non-hydrogen) atoms. The maximum absolute atomic E-state index is 13.5. The highest BCUT2D eigenvalue weighted by Crippen LogP contribution is 2.48. The summed E-state index contributed by atoms with van der Waals surface area (Å²) in [6, 6.07) is 20.3. The van der Waals surface area contributed by atoms with Gasteiger partial charge < -0.3 is 0 Å². The summed E-state index contributed by atoms with van der Waals surface area (Å²) in [6.45, 7) is 0. The second-order valence-electron chi connectivity index (χ2n) is 8.03. The predicted molar refractivity (Wildman–Crippen MR) is 130 cm³/mol. The molecule has 0 unspecified atom stereocenters. The molecule has 6 heteroatoms. The molecule has 0 saturated heterocycles. The molecule has 0 atom stereocenters. The first kappa shape index (κ1) is 21.1. The standard InChI is InChI=1S/C26H23N3OS2/c27-16-19-15-18-9-3-1-2-4-10-20(18)28-26(19)31-17-25(30)29-21-11-5-7-13-23(21)32-24-14-8-6-12-22(24)29/h5-8,11-15H,1-4,9-10,17H2. The van der Waals surface area contributed by atoms with Gasteiger partial charge in [0.2, 0.25) is 5.91 Å². The third-order valence-electron chi connectivity index (χ3n) is 5.90. The van der Waals surface area contributed by atoms with Crippen LogP contribution in [-0.4, -0.2) is 16.6 Å². The molecule has 0 bridgehead atoms. The molecule has 0 saturated carbocycles. The van der Waals surface area contributed by atoms with Crippen LogP contribution in [0.2, 0.25) is 0 Å². The van der Waals surface area contributed by atoms with Gasteiger partial charge >= 0.3 is 0 Å². The topological polar surface area (TPSA) is 57.0 Å². The molecule has 2 aliphatic rings. The van der Waals surface area contributed by atoms with Crippen molar-refractivity contribution in [3.8, 4) is 6.07 Å². The number of fused-ring (bicyclic) bond motifs is 3. The number of thioether (sulfide) groups is 1. The summed E-state index contributed by atoms with van der Waals surface area (Å²) in [7, 11) is 0. The number of anilines is 2. The molecule has 0 fully saturated rings. The van der Waals surface area contributed by atoms with Crippen LogP contribution in [0.4, 0.5) is 11.4 Å². The monoisotopic (exact) mass is 457 g/mol. The quantitative estimate of drug-likeness (QED) is 0.418. The van der Waals surface area contributed by atoms with Gasteiger partial charge in [0.05, 0.1) is 22.7 Å². The summed E-state index contributed by atoms with van der Waals surface area (Å²) < 4.78 is 0. The number of para-hydroxylation sites is 2. The Kier molecular flexibility index (Phi) is 6.20. The van der Waals surface area contributed by atoms with Gasteiger partial charge in [-0.3, -0.25) is 9.69 Å². The second-order valence-corrected chi connectivity index (χ2v) is 10.1. The van der Waals surface area contributed by atoms with Gasteiger partial charge in [-0.15, -0.1) is 0 Å². The fourth-order valence-corrected chi connectivity index (χ4v) is 6.21. The average Bonchev–Trinajstić information content (AvgIpc) is 2.81. The van der Waals surface area contributed by atoms with Crippen molar-refractivity contribution in [2.45, 2.75) is 53.3 Å². The molecule has 1 aliphatic carbocycles. The van der Waals surface area contributed by atoms with Crippen molar-refractivity contribution in [3.63, 3.8) is 0 Å². The van der Waals surface area contributed by atoms with E-state index in [4.69, 9.17) is 4.98 Å². The van der Waals surface area contributed by atoms with E-state index in [-0.39, 0.29) is 11.7 Å². The van der Waals surface area contributed by atoms with Gasteiger partial charge in [-0.25, -0.2) is 4.98 Å². The molecule has 2 heterocycles. The van der Waals surface area contributed by atoms with Crippen molar-refractivity contribution in [3.05, 3.63) is 71.4 Å². The van der Waals surface area contributed by atoms with Crippen molar-refractivity contribution in [2.75, 3.05) is 10.7 Å². The molecule has 0 spiro atoms. The number of carbonyl (C=O) groups is 1. The molecule has 4 nitrogen and oxygen atoms in total. The molecule has 2 aromatic carbocycles. The summed E-state index contributed by atoms with van der Waals surface area (Å²) in [5.41, 5.74) is 4.70. The number of hydrogen-bond acceptors (Lipinski definition) is 5. The number of aromatic nitrogens is 1. The SMILES string of the molecule is N#Cc1cc2c(nc1SCC(=O)N1c3ccccc3Sc3ccccc31)CCCCCC2. The van der Waals surface area contributed by atoms with Gasteiger partial charge in [0.25, 0.3) is 0 Å². The van der Waals surface area contributed by atoms with E-state index >= 15 is 0 Å². The molecule has 160 valence electrons. The Bertz CT molecular complexity index is 1170. The van der Waals surface area contributed by atoms with E-state index in [1.165, 1.54) is 30.2 Å². The number of nitriles is 1. The lowest BCUT2D eigenvalue weighted by atomic mass is 9.96. The second kappa shape index (κ2) is 9.40. The Hall–Kier alpha value is -2.75. The number of hydrogen-bond donors (Lipinski definition) is 0. The number of benzene rings is 2. The lowest BCUT2D eigenvalue weighted by Crippen LogP contribution is -2.30. The zero-order valence-corrected chi connectivity index (χ0v) is 19.3.